The monoisotopic (exact) mass is 650 g/mol. The van der Waals surface area contributed by atoms with Gasteiger partial charge in [-0.05, 0) is 60.2 Å². The Morgan fingerprint density at radius 3 is 2.82 bits per heavy atom. The summed E-state index contributed by atoms with van der Waals surface area (Å²) in [7, 11) is 1.55. The molecule has 1 aliphatic rings. The first-order chi connectivity index (χ1) is 19.2. The number of nitrogens with zero attached hydrogens (tertiary/aromatic N) is 4. The summed E-state index contributed by atoms with van der Waals surface area (Å²) < 4.78 is 7.51. The van der Waals surface area contributed by atoms with Crippen LogP contribution in [-0.2, 0) is 11.3 Å². The Morgan fingerprint density at radius 2 is 2.00 bits per heavy atom. The third-order valence-corrected chi connectivity index (χ3v) is 8.75. The van der Waals surface area contributed by atoms with Crippen LogP contribution in [0.2, 0.25) is 0 Å². The van der Waals surface area contributed by atoms with Crippen molar-refractivity contribution in [2.75, 3.05) is 25.1 Å². The molecular formula is C29H27IN6O2S. The number of anilines is 1. The van der Waals surface area contributed by atoms with Crippen LogP contribution < -0.4 is 10.6 Å². The molecule has 39 heavy (non-hydrogen) atoms. The molecule has 1 aromatic carbocycles. The summed E-state index contributed by atoms with van der Waals surface area (Å²) in [5.74, 6) is 0.456. The van der Waals surface area contributed by atoms with Gasteiger partial charge in [0, 0.05) is 97.8 Å². The minimum Gasteiger partial charge on any atom is -0.384 e. The van der Waals surface area contributed by atoms with E-state index in [-0.39, 0.29) is 5.91 Å². The molecule has 198 valence electrons. The summed E-state index contributed by atoms with van der Waals surface area (Å²) in [6, 6.07) is 14.2. The molecule has 0 radical (unpaired) electrons. The fourth-order valence-electron chi connectivity index (χ4n) is 4.88. The molecule has 0 aliphatic carbocycles. The maximum absolute atomic E-state index is 13.0. The molecule has 0 saturated carbocycles. The van der Waals surface area contributed by atoms with Gasteiger partial charge in [-0.1, -0.05) is 12.1 Å². The topological polar surface area (TPSA) is 94.0 Å². The van der Waals surface area contributed by atoms with Gasteiger partial charge in [0.2, 0.25) is 0 Å². The molecule has 0 spiro atoms. The Balaban J connectivity index is 1.28. The standard InChI is InChI=1S/C29H27IN6O2S/c30-39-36-18-26(25-12-23(16-34-28(25)36)29(37)35-15-20-2-1-7-31-13-20)21-3-4-27-22(10-21)11-24(17-33-27)32-14-19-5-8-38-9-6-19/h1-4,7,10-13,16-19,32H,5-6,8-9,14-15H2,(H,35,37). The number of ether oxygens (including phenoxy) is 1. The number of pyridine rings is 3. The van der Waals surface area contributed by atoms with E-state index in [1.54, 1.807) is 27.7 Å². The zero-order valence-corrected chi connectivity index (χ0v) is 24.1. The zero-order chi connectivity index (χ0) is 26.6. The van der Waals surface area contributed by atoms with Crippen molar-refractivity contribution in [3.8, 4) is 11.1 Å². The van der Waals surface area contributed by atoms with Gasteiger partial charge in [0.15, 0.2) is 5.65 Å². The number of rotatable bonds is 8. The highest BCUT2D eigenvalue weighted by atomic mass is 127. The third kappa shape index (κ3) is 5.87. The van der Waals surface area contributed by atoms with Crippen LogP contribution in [0.15, 0.2) is 73.4 Å². The van der Waals surface area contributed by atoms with Crippen LogP contribution in [0, 0.1) is 5.92 Å². The van der Waals surface area contributed by atoms with Crippen LogP contribution in [0.4, 0.5) is 5.69 Å². The Kier molecular flexibility index (Phi) is 7.93. The van der Waals surface area contributed by atoms with Crippen molar-refractivity contribution < 1.29 is 9.53 Å². The predicted octanol–water partition coefficient (Wildman–Crippen LogP) is 6.26. The molecular weight excluding hydrogens is 623 g/mol. The van der Waals surface area contributed by atoms with E-state index in [0.717, 1.165) is 76.9 Å². The maximum atomic E-state index is 13.0. The average molecular weight is 651 g/mol. The second-order valence-electron chi connectivity index (χ2n) is 9.64. The predicted molar refractivity (Wildman–Crippen MR) is 165 cm³/mol. The van der Waals surface area contributed by atoms with Gasteiger partial charge < -0.3 is 15.4 Å². The van der Waals surface area contributed by atoms with E-state index < -0.39 is 0 Å². The van der Waals surface area contributed by atoms with E-state index in [9.17, 15) is 4.79 Å². The summed E-state index contributed by atoms with van der Waals surface area (Å²) in [4.78, 5) is 26.4. The fraction of sp³-hybridized carbons (Fsp3) is 0.241. The number of fused-ring (bicyclic) bond motifs is 2. The van der Waals surface area contributed by atoms with Crippen LogP contribution in [0.5, 0.6) is 0 Å². The highest BCUT2D eigenvalue weighted by Crippen LogP contribution is 2.35. The number of hydrogen-bond donors (Lipinski definition) is 2. The van der Waals surface area contributed by atoms with Crippen LogP contribution in [0.25, 0.3) is 33.1 Å². The molecule has 4 aromatic heterocycles. The number of carbonyl (C=O) groups is 1. The molecule has 10 heteroatoms. The second kappa shape index (κ2) is 11.9. The van der Waals surface area contributed by atoms with E-state index in [1.807, 2.05) is 34.4 Å². The fourth-order valence-corrected chi connectivity index (χ4v) is 6.14. The molecule has 8 nitrogen and oxygen atoms in total. The van der Waals surface area contributed by atoms with Crippen molar-refractivity contribution >= 4 is 63.9 Å². The Morgan fingerprint density at radius 1 is 1.10 bits per heavy atom. The Hall–Kier alpha value is -3.22. The minimum absolute atomic E-state index is 0.169. The molecule has 0 atom stereocenters. The van der Waals surface area contributed by atoms with Crippen molar-refractivity contribution in [2.24, 2.45) is 5.92 Å². The molecule has 0 bridgehead atoms. The van der Waals surface area contributed by atoms with Crippen molar-refractivity contribution in [3.05, 3.63) is 84.6 Å². The quantitative estimate of drug-likeness (QED) is 0.192. The van der Waals surface area contributed by atoms with Gasteiger partial charge in [-0.25, -0.2) is 4.98 Å². The number of nitrogens with one attached hydrogen (secondary N) is 2. The minimum atomic E-state index is -0.169. The van der Waals surface area contributed by atoms with Gasteiger partial charge >= 0.3 is 0 Å². The van der Waals surface area contributed by atoms with E-state index in [1.165, 1.54) is 0 Å². The number of halogens is 1. The normalized spacial score (nSPS) is 14.1. The van der Waals surface area contributed by atoms with E-state index >= 15 is 0 Å². The molecule has 6 rings (SSSR count). The first kappa shape index (κ1) is 26.0. The number of amides is 1. The Bertz CT molecular complexity index is 1620. The largest absolute Gasteiger partial charge is 0.384 e. The smallest absolute Gasteiger partial charge is 0.253 e. The number of benzene rings is 1. The SMILES string of the molecule is O=C(NCc1cccnc1)c1cnc2c(c1)c(-c1ccc3ncc(NCC4CCOCC4)cc3c1)cn2SI. The average Bonchev–Trinajstić information content (AvgIpc) is 3.37. The lowest BCUT2D eigenvalue weighted by molar-refractivity contribution is 0.0699. The first-order valence-corrected chi connectivity index (χ1v) is 16.2. The molecule has 5 aromatic rings. The van der Waals surface area contributed by atoms with Gasteiger partial charge in [0.05, 0.1) is 23.0 Å². The Labute approximate surface area is 242 Å². The number of aromatic nitrogens is 4. The van der Waals surface area contributed by atoms with Crippen molar-refractivity contribution in [3.63, 3.8) is 0 Å². The van der Waals surface area contributed by atoms with Crippen molar-refractivity contribution in [1.29, 1.82) is 0 Å². The van der Waals surface area contributed by atoms with E-state index in [0.29, 0.717) is 18.0 Å². The molecule has 0 unspecified atom stereocenters. The third-order valence-electron chi connectivity index (χ3n) is 7.05. The molecule has 1 amide bonds. The maximum Gasteiger partial charge on any atom is 0.253 e. The van der Waals surface area contributed by atoms with Crippen molar-refractivity contribution in [2.45, 2.75) is 19.4 Å². The number of hydrogen-bond acceptors (Lipinski definition) is 7. The number of carbonyl (C=O) groups excluding carboxylic acids is 1. The van der Waals surface area contributed by atoms with E-state index in [4.69, 9.17) is 4.74 Å². The second-order valence-corrected chi connectivity index (χ2v) is 11.4. The van der Waals surface area contributed by atoms with Crippen LogP contribution >= 0.6 is 30.3 Å². The van der Waals surface area contributed by atoms with Gasteiger partial charge in [-0.15, -0.1) is 0 Å². The van der Waals surface area contributed by atoms with Gasteiger partial charge in [0.25, 0.3) is 5.91 Å². The summed E-state index contributed by atoms with van der Waals surface area (Å²) in [6.45, 7) is 3.02. The van der Waals surface area contributed by atoms with E-state index in [2.05, 4.69) is 71.2 Å². The lowest BCUT2D eigenvalue weighted by Crippen LogP contribution is -2.23. The summed E-state index contributed by atoms with van der Waals surface area (Å²) >= 11 is 2.25. The molecule has 1 aliphatic heterocycles. The summed E-state index contributed by atoms with van der Waals surface area (Å²) in [5, 5.41) is 8.52. The zero-order valence-electron chi connectivity index (χ0n) is 21.1. The van der Waals surface area contributed by atoms with Gasteiger partial charge in [-0.2, -0.15) is 0 Å². The van der Waals surface area contributed by atoms with Crippen LogP contribution in [0.3, 0.4) is 0 Å². The molecule has 2 N–H and O–H groups in total. The van der Waals surface area contributed by atoms with Gasteiger partial charge in [-0.3, -0.25) is 18.7 Å². The molecule has 1 saturated heterocycles. The highest BCUT2D eigenvalue weighted by Gasteiger charge is 2.17. The molecule has 5 heterocycles. The van der Waals surface area contributed by atoms with Crippen molar-refractivity contribution in [1.82, 2.24) is 24.2 Å². The van der Waals surface area contributed by atoms with Crippen LogP contribution in [-0.4, -0.2) is 44.6 Å². The lowest BCUT2D eigenvalue weighted by atomic mass is 10.0. The van der Waals surface area contributed by atoms with Gasteiger partial charge in [0.1, 0.15) is 0 Å². The lowest BCUT2D eigenvalue weighted by Gasteiger charge is -2.22. The highest BCUT2D eigenvalue weighted by molar-refractivity contribution is 14.2. The summed E-state index contributed by atoms with van der Waals surface area (Å²) in [6.07, 6.45) is 11.3. The molecule has 1 fully saturated rings. The first-order valence-electron chi connectivity index (χ1n) is 12.9. The van der Waals surface area contributed by atoms with Crippen LogP contribution in [0.1, 0.15) is 28.8 Å². The summed E-state index contributed by atoms with van der Waals surface area (Å²) in [5.41, 5.74) is 6.31.